The molecule has 1 aliphatic rings. The zero-order valence-corrected chi connectivity index (χ0v) is 17.7. The summed E-state index contributed by atoms with van der Waals surface area (Å²) in [5, 5.41) is 0. The predicted molar refractivity (Wildman–Crippen MR) is 120 cm³/mol. The van der Waals surface area contributed by atoms with Gasteiger partial charge in [0.1, 0.15) is 0 Å². The number of benzene rings is 2. The van der Waals surface area contributed by atoms with E-state index in [9.17, 15) is 0 Å². The van der Waals surface area contributed by atoms with E-state index in [0.29, 0.717) is 6.61 Å². The van der Waals surface area contributed by atoms with Gasteiger partial charge in [-0.05, 0) is 79.5 Å². The first kappa shape index (κ1) is 20.9. The molecule has 0 heterocycles. The highest BCUT2D eigenvalue weighted by Crippen LogP contribution is 2.32. The Bertz CT molecular complexity index is 703. The summed E-state index contributed by atoms with van der Waals surface area (Å²) in [6.45, 7) is 2.83. The molecular formula is C27H36O. The summed E-state index contributed by atoms with van der Waals surface area (Å²) in [6.07, 6.45) is 15.7. The van der Waals surface area contributed by atoms with Gasteiger partial charge in [0.05, 0.1) is 6.61 Å². The molecule has 0 unspecified atom stereocenters. The molecule has 1 fully saturated rings. The Morgan fingerprint density at radius 1 is 0.821 bits per heavy atom. The van der Waals surface area contributed by atoms with Gasteiger partial charge in [0.15, 0.2) is 0 Å². The third-order valence-electron chi connectivity index (χ3n) is 6.24. The highest BCUT2D eigenvalue weighted by atomic mass is 16.5. The van der Waals surface area contributed by atoms with Gasteiger partial charge >= 0.3 is 0 Å². The first-order chi connectivity index (χ1) is 13.8. The zero-order chi connectivity index (χ0) is 19.6. The molecule has 0 saturated heterocycles. The van der Waals surface area contributed by atoms with Crippen molar-refractivity contribution in [3.8, 4) is 11.1 Å². The highest BCUT2D eigenvalue weighted by molar-refractivity contribution is 5.63. The molecule has 3 rings (SSSR count). The Balaban J connectivity index is 1.39. The van der Waals surface area contributed by atoms with Crippen molar-refractivity contribution in [2.75, 3.05) is 7.11 Å². The number of allylic oxidation sites excluding steroid dienone is 2. The second kappa shape index (κ2) is 11.2. The van der Waals surface area contributed by atoms with Crippen LogP contribution in [0.5, 0.6) is 0 Å². The number of unbranched alkanes of at least 4 members (excludes halogenated alkanes) is 1. The maximum absolute atomic E-state index is 5.19. The van der Waals surface area contributed by atoms with Gasteiger partial charge in [-0.2, -0.15) is 0 Å². The van der Waals surface area contributed by atoms with Crippen LogP contribution in [0.4, 0.5) is 0 Å². The van der Waals surface area contributed by atoms with Gasteiger partial charge in [-0.15, -0.1) is 0 Å². The Hall–Kier alpha value is -1.86. The summed E-state index contributed by atoms with van der Waals surface area (Å²) >= 11 is 0. The standard InChI is InChI=1S/C27H36O/c1-3-6-22-9-11-23(12-10-22)7-4-5-8-24-13-17-26(18-14-24)27-19-15-25(16-20-27)21-28-2/h3,6,13-20,22-23H,4-5,7-12,21H2,1-2H3/b6-3-. The van der Waals surface area contributed by atoms with Crippen molar-refractivity contribution in [3.63, 3.8) is 0 Å². The molecule has 0 aliphatic heterocycles. The second-order valence-corrected chi connectivity index (χ2v) is 8.38. The number of hydrogen-bond acceptors (Lipinski definition) is 1. The fraction of sp³-hybridized carbons (Fsp3) is 0.481. The lowest BCUT2D eigenvalue weighted by molar-refractivity contribution is 0.185. The van der Waals surface area contributed by atoms with Crippen LogP contribution in [0.1, 0.15) is 63.0 Å². The van der Waals surface area contributed by atoms with E-state index in [1.54, 1.807) is 7.11 Å². The molecule has 0 bridgehead atoms. The zero-order valence-electron chi connectivity index (χ0n) is 17.7. The number of rotatable bonds is 9. The minimum Gasteiger partial charge on any atom is -0.380 e. The van der Waals surface area contributed by atoms with Gasteiger partial charge in [-0.1, -0.05) is 73.5 Å². The van der Waals surface area contributed by atoms with Crippen LogP contribution in [0.2, 0.25) is 0 Å². The molecule has 28 heavy (non-hydrogen) atoms. The van der Waals surface area contributed by atoms with Crippen LogP contribution in [-0.2, 0) is 17.8 Å². The Morgan fingerprint density at radius 3 is 2.00 bits per heavy atom. The van der Waals surface area contributed by atoms with Crippen LogP contribution in [0.3, 0.4) is 0 Å². The Morgan fingerprint density at radius 2 is 1.43 bits per heavy atom. The summed E-state index contributed by atoms with van der Waals surface area (Å²) in [4.78, 5) is 0. The fourth-order valence-electron chi connectivity index (χ4n) is 4.53. The van der Waals surface area contributed by atoms with Gasteiger partial charge in [0, 0.05) is 7.11 Å². The number of aryl methyl sites for hydroxylation is 1. The quantitative estimate of drug-likeness (QED) is 0.323. The molecule has 2 aromatic rings. The normalized spacial score (nSPS) is 19.9. The van der Waals surface area contributed by atoms with Crippen LogP contribution < -0.4 is 0 Å². The van der Waals surface area contributed by atoms with Crippen molar-refractivity contribution < 1.29 is 4.74 Å². The van der Waals surface area contributed by atoms with Crippen molar-refractivity contribution in [2.45, 2.75) is 64.9 Å². The molecule has 1 saturated carbocycles. The van der Waals surface area contributed by atoms with E-state index in [-0.39, 0.29) is 0 Å². The maximum Gasteiger partial charge on any atom is 0.0713 e. The van der Waals surface area contributed by atoms with Gasteiger partial charge in [0.2, 0.25) is 0 Å². The molecule has 0 spiro atoms. The lowest BCUT2D eigenvalue weighted by Gasteiger charge is -2.26. The average molecular weight is 377 g/mol. The van der Waals surface area contributed by atoms with Crippen LogP contribution >= 0.6 is 0 Å². The minimum atomic E-state index is 0.677. The summed E-state index contributed by atoms with van der Waals surface area (Å²) < 4.78 is 5.19. The molecule has 1 aliphatic carbocycles. The van der Waals surface area contributed by atoms with E-state index >= 15 is 0 Å². The first-order valence-corrected chi connectivity index (χ1v) is 11.1. The van der Waals surface area contributed by atoms with Crippen molar-refractivity contribution in [1.29, 1.82) is 0 Å². The fourth-order valence-corrected chi connectivity index (χ4v) is 4.53. The van der Waals surface area contributed by atoms with E-state index in [1.807, 2.05) is 0 Å². The molecule has 1 nitrogen and oxygen atoms in total. The maximum atomic E-state index is 5.19. The topological polar surface area (TPSA) is 9.23 Å². The van der Waals surface area contributed by atoms with Gasteiger partial charge in [0.25, 0.3) is 0 Å². The van der Waals surface area contributed by atoms with Gasteiger partial charge in [-0.25, -0.2) is 0 Å². The average Bonchev–Trinajstić information content (AvgIpc) is 2.74. The summed E-state index contributed by atoms with van der Waals surface area (Å²) in [5.74, 6) is 1.83. The lowest BCUT2D eigenvalue weighted by atomic mass is 9.79. The smallest absolute Gasteiger partial charge is 0.0713 e. The molecule has 0 atom stereocenters. The highest BCUT2D eigenvalue weighted by Gasteiger charge is 2.18. The number of hydrogen-bond donors (Lipinski definition) is 0. The van der Waals surface area contributed by atoms with E-state index in [2.05, 4.69) is 67.6 Å². The lowest BCUT2D eigenvalue weighted by Crippen LogP contribution is -2.13. The molecular weight excluding hydrogens is 340 g/mol. The van der Waals surface area contributed by atoms with Crippen LogP contribution in [0.25, 0.3) is 11.1 Å². The molecule has 2 aromatic carbocycles. The molecule has 0 aromatic heterocycles. The number of methoxy groups -OCH3 is 1. The first-order valence-electron chi connectivity index (χ1n) is 11.1. The van der Waals surface area contributed by atoms with E-state index in [0.717, 1.165) is 11.8 Å². The third-order valence-corrected chi connectivity index (χ3v) is 6.24. The van der Waals surface area contributed by atoms with Crippen molar-refractivity contribution >= 4 is 0 Å². The largest absolute Gasteiger partial charge is 0.380 e. The molecule has 0 radical (unpaired) electrons. The van der Waals surface area contributed by atoms with E-state index < -0.39 is 0 Å². The summed E-state index contributed by atoms with van der Waals surface area (Å²) in [6, 6.07) is 17.8. The third kappa shape index (κ3) is 6.34. The van der Waals surface area contributed by atoms with E-state index in [4.69, 9.17) is 4.74 Å². The molecule has 0 amide bonds. The molecule has 0 N–H and O–H groups in total. The second-order valence-electron chi connectivity index (χ2n) is 8.38. The minimum absolute atomic E-state index is 0.677. The van der Waals surface area contributed by atoms with E-state index in [1.165, 1.54) is 73.6 Å². The summed E-state index contributed by atoms with van der Waals surface area (Å²) in [5.41, 5.74) is 5.26. The van der Waals surface area contributed by atoms with Crippen molar-refractivity contribution in [3.05, 3.63) is 71.8 Å². The van der Waals surface area contributed by atoms with Crippen LogP contribution in [0, 0.1) is 11.8 Å². The van der Waals surface area contributed by atoms with Crippen LogP contribution in [0.15, 0.2) is 60.7 Å². The summed E-state index contributed by atoms with van der Waals surface area (Å²) in [7, 11) is 1.74. The molecule has 1 heteroatoms. The Kier molecular flexibility index (Phi) is 8.36. The van der Waals surface area contributed by atoms with Crippen LogP contribution in [-0.4, -0.2) is 7.11 Å². The van der Waals surface area contributed by atoms with Crippen molar-refractivity contribution in [2.24, 2.45) is 11.8 Å². The SMILES string of the molecule is C/C=C\C1CCC(CCCCc2ccc(-c3ccc(COC)cc3)cc2)CC1. The van der Waals surface area contributed by atoms with Gasteiger partial charge < -0.3 is 4.74 Å². The van der Waals surface area contributed by atoms with Gasteiger partial charge in [-0.3, -0.25) is 0 Å². The number of ether oxygens (including phenoxy) is 1. The predicted octanol–water partition coefficient (Wildman–Crippen LogP) is 7.60. The van der Waals surface area contributed by atoms with Crippen molar-refractivity contribution in [1.82, 2.24) is 0 Å². The monoisotopic (exact) mass is 376 g/mol. The molecule has 150 valence electrons. The Labute approximate surface area is 171 Å².